The van der Waals surface area contributed by atoms with Gasteiger partial charge in [0.2, 0.25) is 0 Å². The molecule has 0 radical (unpaired) electrons. The smallest absolute Gasteiger partial charge is 0.355 e. The molecule has 162 valence electrons. The Morgan fingerprint density at radius 2 is 1.71 bits per heavy atom. The lowest BCUT2D eigenvalue weighted by Gasteiger charge is -2.14. The highest BCUT2D eigenvalue weighted by Gasteiger charge is 2.26. The Morgan fingerprint density at radius 1 is 1.00 bits per heavy atom. The first kappa shape index (κ1) is 23.2. The molecule has 0 aliphatic heterocycles. The summed E-state index contributed by atoms with van der Waals surface area (Å²) in [6.07, 6.45) is -4.22. The molecule has 0 spiro atoms. The van der Waals surface area contributed by atoms with E-state index >= 15 is 0 Å². The maximum atomic E-state index is 12.8. The van der Waals surface area contributed by atoms with Crippen LogP contribution in [0.25, 0.3) is 0 Å². The Bertz CT molecular complexity index is 1070. The third-order valence-electron chi connectivity index (χ3n) is 4.50. The molecule has 0 fully saturated rings. The first-order valence-electron chi connectivity index (χ1n) is 9.41. The van der Waals surface area contributed by atoms with Crippen LogP contribution in [-0.2, 0) is 6.54 Å². The number of alkyl halides is 3. The molecule has 0 aliphatic carbocycles. The van der Waals surface area contributed by atoms with Crippen LogP contribution < -0.4 is 10.0 Å². The average molecular weight is 465 g/mol. The van der Waals surface area contributed by atoms with Gasteiger partial charge in [-0.1, -0.05) is 66.0 Å². The maximum absolute atomic E-state index is 12.8. The number of nitrogens with one attached hydrogen (secondary N) is 2. The van der Waals surface area contributed by atoms with E-state index in [9.17, 15) is 18.0 Å². The molecule has 3 aromatic carbocycles. The van der Waals surface area contributed by atoms with Crippen LogP contribution in [0.5, 0.6) is 0 Å². The summed E-state index contributed by atoms with van der Waals surface area (Å²) >= 11 is 7.01. The number of hydrogen-bond donors (Lipinski definition) is 2. The van der Waals surface area contributed by atoms with Gasteiger partial charge in [0, 0.05) is 29.0 Å². The van der Waals surface area contributed by atoms with Gasteiger partial charge in [-0.25, -0.2) is 0 Å². The van der Waals surface area contributed by atoms with Crippen molar-refractivity contribution >= 4 is 40.7 Å². The van der Waals surface area contributed by atoms with Gasteiger partial charge in [-0.2, -0.15) is 13.2 Å². The van der Waals surface area contributed by atoms with Crippen LogP contribution in [0, 0.1) is 6.92 Å². The summed E-state index contributed by atoms with van der Waals surface area (Å²) in [6, 6.07) is 19.7. The zero-order valence-corrected chi connectivity index (χ0v) is 18.2. The molecule has 2 N–H and O–H groups in total. The quantitative estimate of drug-likeness (QED) is 0.215. The molecule has 0 atom stereocenters. The van der Waals surface area contributed by atoms with Crippen LogP contribution >= 0.6 is 23.5 Å². The monoisotopic (exact) mass is 464 g/mol. The molecule has 0 amide bonds. The minimum atomic E-state index is -4.22. The summed E-state index contributed by atoms with van der Waals surface area (Å²) in [7, 11) is 0. The molecule has 3 nitrogen and oxygen atoms in total. The van der Waals surface area contributed by atoms with E-state index in [1.165, 1.54) is 0 Å². The Balaban J connectivity index is 1.72. The summed E-state index contributed by atoms with van der Waals surface area (Å²) < 4.78 is 39.6. The molecule has 3 aromatic rings. The van der Waals surface area contributed by atoms with Crippen LogP contribution in [0.4, 0.5) is 24.5 Å². The minimum absolute atomic E-state index is 0.152. The molecule has 8 heteroatoms. The van der Waals surface area contributed by atoms with Crippen LogP contribution in [0.1, 0.15) is 27.0 Å². The highest BCUT2D eigenvalue weighted by molar-refractivity contribution is 7.97. The molecule has 31 heavy (non-hydrogen) atoms. The summed E-state index contributed by atoms with van der Waals surface area (Å²) in [6.45, 7) is 2.12. The fourth-order valence-electron chi connectivity index (χ4n) is 2.96. The van der Waals surface area contributed by atoms with E-state index in [0.29, 0.717) is 33.8 Å². The number of ketones is 1. The lowest BCUT2D eigenvalue weighted by molar-refractivity contribution is -0.105. The zero-order chi connectivity index (χ0) is 22.4. The van der Waals surface area contributed by atoms with Crippen molar-refractivity contribution in [3.63, 3.8) is 0 Å². The molecular weight excluding hydrogens is 445 g/mol. The lowest BCUT2D eigenvalue weighted by Crippen LogP contribution is -2.16. The third-order valence-corrected chi connectivity index (χ3v) is 5.63. The number of carbonyl (C=O) groups excluding carboxylic acids is 1. The number of hydrogen-bond acceptors (Lipinski definition) is 4. The van der Waals surface area contributed by atoms with Gasteiger partial charge in [-0.15, -0.1) is 0 Å². The van der Waals surface area contributed by atoms with Gasteiger partial charge in [0.25, 0.3) is 0 Å². The lowest BCUT2D eigenvalue weighted by atomic mass is 9.99. The number of halogens is 4. The minimum Gasteiger partial charge on any atom is -0.355 e. The number of benzene rings is 3. The van der Waals surface area contributed by atoms with Gasteiger partial charge >= 0.3 is 6.18 Å². The molecule has 0 unspecified atom stereocenters. The van der Waals surface area contributed by atoms with Crippen LogP contribution in [0.3, 0.4) is 0 Å². The fraction of sp³-hybridized carbons (Fsp3) is 0.174. The molecule has 0 aliphatic rings. The van der Waals surface area contributed by atoms with Crippen molar-refractivity contribution < 1.29 is 18.0 Å². The van der Waals surface area contributed by atoms with Crippen molar-refractivity contribution in [2.75, 3.05) is 11.1 Å². The number of para-hydroxylation sites is 1. The van der Waals surface area contributed by atoms with E-state index in [0.717, 1.165) is 16.8 Å². The Morgan fingerprint density at radius 3 is 2.42 bits per heavy atom. The largest absolute Gasteiger partial charge is 0.399 e. The second-order valence-corrected chi connectivity index (χ2v) is 8.12. The van der Waals surface area contributed by atoms with Gasteiger partial charge in [0.05, 0.1) is 5.02 Å². The predicted molar refractivity (Wildman–Crippen MR) is 121 cm³/mol. The van der Waals surface area contributed by atoms with Crippen molar-refractivity contribution in [3.05, 3.63) is 94.0 Å². The van der Waals surface area contributed by atoms with E-state index in [-0.39, 0.29) is 12.3 Å². The van der Waals surface area contributed by atoms with Crippen molar-refractivity contribution in [3.8, 4) is 0 Å². The van der Waals surface area contributed by atoms with Gasteiger partial charge in [0.15, 0.2) is 5.78 Å². The van der Waals surface area contributed by atoms with Crippen molar-refractivity contribution in [1.29, 1.82) is 0 Å². The zero-order valence-electron chi connectivity index (χ0n) is 16.6. The molecule has 0 saturated carbocycles. The van der Waals surface area contributed by atoms with E-state index in [1.54, 1.807) is 24.3 Å². The van der Waals surface area contributed by atoms with Crippen LogP contribution in [0.2, 0.25) is 5.02 Å². The highest BCUT2D eigenvalue weighted by Crippen LogP contribution is 2.28. The predicted octanol–water partition coefficient (Wildman–Crippen LogP) is 6.92. The number of carbonyl (C=O) groups is 1. The Labute approximate surface area is 188 Å². The van der Waals surface area contributed by atoms with Gasteiger partial charge in [-0.05, 0) is 42.3 Å². The Kier molecular flexibility index (Phi) is 7.64. The van der Waals surface area contributed by atoms with Crippen LogP contribution in [0.15, 0.2) is 66.7 Å². The number of aryl methyl sites for hydroxylation is 1. The molecule has 0 bridgehead atoms. The first-order valence-corrected chi connectivity index (χ1v) is 10.8. The fourth-order valence-corrected chi connectivity index (χ4v) is 3.75. The van der Waals surface area contributed by atoms with Crippen molar-refractivity contribution in [1.82, 2.24) is 4.72 Å². The van der Waals surface area contributed by atoms with Gasteiger partial charge < -0.3 is 5.32 Å². The van der Waals surface area contributed by atoms with E-state index in [4.69, 9.17) is 11.6 Å². The molecular formula is C23H20ClF3N2OS. The summed E-state index contributed by atoms with van der Waals surface area (Å²) in [4.78, 5) is 12.8. The summed E-state index contributed by atoms with van der Waals surface area (Å²) in [5, 5.41) is 3.54. The number of anilines is 2. The average Bonchev–Trinajstić information content (AvgIpc) is 2.72. The molecule has 0 heterocycles. The first-order chi connectivity index (χ1) is 14.7. The standard InChI is InChI=1S/C23H20ClF3N2OS/c1-15-6-2-4-8-18(15)22(30)19-11-10-17(12-20(19)24)29-21-9-5-3-7-16(21)13-28-31-14-23(25,26)27/h2-12,28-29H,13-14H2,1H3. The summed E-state index contributed by atoms with van der Waals surface area (Å²) in [5.41, 5.74) is 4.07. The topological polar surface area (TPSA) is 41.1 Å². The van der Waals surface area contributed by atoms with Crippen LogP contribution in [-0.4, -0.2) is 17.7 Å². The molecule has 0 aromatic heterocycles. The van der Waals surface area contributed by atoms with E-state index in [1.807, 2.05) is 49.4 Å². The highest BCUT2D eigenvalue weighted by atomic mass is 35.5. The van der Waals surface area contributed by atoms with E-state index in [2.05, 4.69) is 10.0 Å². The van der Waals surface area contributed by atoms with Gasteiger partial charge in [-0.3, -0.25) is 9.52 Å². The molecule has 3 rings (SSSR count). The SMILES string of the molecule is Cc1ccccc1C(=O)c1ccc(Nc2ccccc2CNSCC(F)(F)F)cc1Cl. The summed E-state index contributed by atoms with van der Waals surface area (Å²) in [5.74, 6) is -1.12. The third kappa shape index (κ3) is 6.50. The van der Waals surface area contributed by atoms with E-state index < -0.39 is 11.9 Å². The second kappa shape index (κ2) is 10.2. The van der Waals surface area contributed by atoms with Crippen molar-refractivity contribution in [2.45, 2.75) is 19.6 Å². The second-order valence-electron chi connectivity index (χ2n) is 6.85. The Hall–Kier alpha value is -2.48. The maximum Gasteiger partial charge on any atom is 0.399 e. The number of rotatable bonds is 8. The normalized spacial score (nSPS) is 11.4. The molecule has 0 saturated heterocycles. The van der Waals surface area contributed by atoms with Crippen molar-refractivity contribution in [2.24, 2.45) is 0 Å². The van der Waals surface area contributed by atoms with Gasteiger partial charge in [0.1, 0.15) is 5.75 Å².